The summed E-state index contributed by atoms with van der Waals surface area (Å²) in [6.45, 7) is 0.949. The van der Waals surface area contributed by atoms with Crippen LogP contribution < -0.4 is 20.3 Å². The minimum Gasteiger partial charge on any atom is -0.497 e. The van der Waals surface area contributed by atoms with Crippen LogP contribution in [0, 0.1) is 0 Å². The molecule has 1 N–H and O–H groups in total. The van der Waals surface area contributed by atoms with Crippen LogP contribution in [0.3, 0.4) is 0 Å². The highest BCUT2D eigenvalue weighted by atomic mass is 16.5. The number of aromatic nitrogens is 2. The Bertz CT molecular complexity index is 1040. The molecule has 2 aromatic carbocycles. The van der Waals surface area contributed by atoms with Crippen LogP contribution in [0.4, 0.5) is 0 Å². The van der Waals surface area contributed by atoms with Crippen LogP contribution in [0.15, 0.2) is 65.5 Å². The molecule has 0 bridgehead atoms. The van der Waals surface area contributed by atoms with Crippen molar-refractivity contribution in [3.63, 3.8) is 0 Å². The Kier molecular flexibility index (Phi) is 7.81. The van der Waals surface area contributed by atoms with E-state index in [1.54, 1.807) is 20.3 Å². The van der Waals surface area contributed by atoms with Crippen molar-refractivity contribution in [3.8, 4) is 22.8 Å². The van der Waals surface area contributed by atoms with Crippen molar-refractivity contribution >= 4 is 5.91 Å². The van der Waals surface area contributed by atoms with E-state index in [2.05, 4.69) is 10.4 Å². The molecule has 31 heavy (non-hydrogen) atoms. The Balaban J connectivity index is 1.46. The fraction of sp³-hybridized carbons (Fsp3) is 0.292. The van der Waals surface area contributed by atoms with Crippen LogP contribution in [0.25, 0.3) is 11.3 Å². The van der Waals surface area contributed by atoms with Crippen molar-refractivity contribution in [1.82, 2.24) is 15.1 Å². The fourth-order valence-electron chi connectivity index (χ4n) is 3.14. The molecule has 0 atom stereocenters. The number of carbonyl (C=O) groups excluding carboxylic acids is 1. The van der Waals surface area contributed by atoms with Crippen molar-refractivity contribution in [2.45, 2.75) is 25.8 Å². The second-order valence-corrected chi connectivity index (χ2v) is 7.06. The summed E-state index contributed by atoms with van der Waals surface area (Å²) in [7, 11) is 3.25. The van der Waals surface area contributed by atoms with E-state index in [0.717, 1.165) is 29.0 Å². The van der Waals surface area contributed by atoms with Gasteiger partial charge in [-0.1, -0.05) is 12.1 Å². The lowest BCUT2D eigenvalue weighted by Crippen LogP contribution is -2.27. The maximum absolute atomic E-state index is 12.1. The molecule has 0 unspecified atom stereocenters. The van der Waals surface area contributed by atoms with E-state index in [1.165, 1.54) is 10.7 Å². The highest BCUT2D eigenvalue weighted by Crippen LogP contribution is 2.19. The molecule has 1 heterocycles. The van der Waals surface area contributed by atoms with Gasteiger partial charge in [0.05, 0.1) is 19.9 Å². The molecule has 0 aliphatic carbocycles. The van der Waals surface area contributed by atoms with E-state index in [1.807, 2.05) is 48.5 Å². The number of hydrogen-bond acceptors (Lipinski definition) is 5. The summed E-state index contributed by atoms with van der Waals surface area (Å²) >= 11 is 0. The molecule has 0 aliphatic rings. The zero-order valence-corrected chi connectivity index (χ0v) is 17.8. The van der Waals surface area contributed by atoms with E-state index in [0.29, 0.717) is 31.6 Å². The second kappa shape index (κ2) is 11.0. The summed E-state index contributed by atoms with van der Waals surface area (Å²) in [5.41, 5.74) is 2.54. The summed E-state index contributed by atoms with van der Waals surface area (Å²) in [6, 6.07) is 18.5. The first-order valence-electron chi connectivity index (χ1n) is 10.2. The Morgan fingerprint density at radius 2 is 1.58 bits per heavy atom. The third-order valence-electron chi connectivity index (χ3n) is 4.92. The van der Waals surface area contributed by atoms with Crippen LogP contribution in [0.1, 0.15) is 18.4 Å². The standard InChI is InChI=1S/C24H27N3O4/c1-30-20-9-5-18(6-10-20)15-16-25-23(28)4-3-17-27-24(29)14-13-22(26-27)19-7-11-21(31-2)12-8-19/h5-14H,3-4,15-17H2,1-2H3,(H,25,28). The molecule has 0 radical (unpaired) electrons. The molecule has 0 saturated heterocycles. The van der Waals surface area contributed by atoms with Gasteiger partial charge < -0.3 is 14.8 Å². The van der Waals surface area contributed by atoms with Crippen molar-refractivity contribution in [3.05, 3.63) is 76.6 Å². The van der Waals surface area contributed by atoms with Crippen molar-refractivity contribution in [2.24, 2.45) is 0 Å². The number of aryl methyl sites for hydroxylation is 1. The molecule has 0 fully saturated rings. The van der Waals surface area contributed by atoms with Gasteiger partial charge >= 0.3 is 0 Å². The van der Waals surface area contributed by atoms with Crippen LogP contribution >= 0.6 is 0 Å². The highest BCUT2D eigenvalue weighted by molar-refractivity contribution is 5.75. The average molecular weight is 421 g/mol. The van der Waals surface area contributed by atoms with E-state index < -0.39 is 0 Å². The molecular weight excluding hydrogens is 394 g/mol. The number of methoxy groups -OCH3 is 2. The lowest BCUT2D eigenvalue weighted by molar-refractivity contribution is -0.121. The van der Waals surface area contributed by atoms with Gasteiger partial charge in [0.1, 0.15) is 11.5 Å². The number of rotatable bonds is 10. The summed E-state index contributed by atoms with van der Waals surface area (Å²) in [5.74, 6) is 1.54. The first-order valence-corrected chi connectivity index (χ1v) is 10.2. The molecule has 7 nitrogen and oxygen atoms in total. The molecule has 1 aromatic heterocycles. The van der Waals surface area contributed by atoms with Crippen LogP contribution in [-0.2, 0) is 17.8 Å². The minimum atomic E-state index is -0.183. The lowest BCUT2D eigenvalue weighted by Gasteiger charge is -2.09. The Hall–Kier alpha value is -3.61. The van der Waals surface area contributed by atoms with Crippen LogP contribution in [0.2, 0.25) is 0 Å². The Labute approximate surface area is 181 Å². The van der Waals surface area contributed by atoms with E-state index >= 15 is 0 Å². The summed E-state index contributed by atoms with van der Waals surface area (Å²) in [4.78, 5) is 24.2. The van der Waals surface area contributed by atoms with E-state index in [-0.39, 0.29) is 11.5 Å². The summed E-state index contributed by atoms with van der Waals surface area (Å²) < 4.78 is 11.7. The molecule has 3 aromatic rings. The van der Waals surface area contributed by atoms with Gasteiger partial charge in [-0.15, -0.1) is 0 Å². The number of ether oxygens (including phenoxy) is 2. The van der Waals surface area contributed by atoms with Gasteiger partial charge in [0.2, 0.25) is 5.91 Å². The van der Waals surface area contributed by atoms with E-state index in [9.17, 15) is 9.59 Å². The quantitative estimate of drug-likeness (QED) is 0.544. The van der Waals surface area contributed by atoms with Gasteiger partial charge in [-0.05, 0) is 60.9 Å². The van der Waals surface area contributed by atoms with Gasteiger partial charge in [0.15, 0.2) is 0 Å². The molecule has 0 spiro atoms. The predicted molar refractivity (Wildman–Crippen MR) is 119 cm³/mol. The number of nitrogens with zero attached hydrogens (tertiary/aromatic N) is 2. The van der Waals surface area contributed by atoms with Gasteiger partial charge in [-0.3, -0.25) is 9.59 Å². The SMILES string of the molecule is COc1ccc(CCNC(=O)CCCn2nc(-c3ccc(OC)cc3)ccc2=O)cc1. The van der Waals surface area contributed by atoms with Gasteiger partial charge in [0, 0.05) is 31.1 Å². The number of benzene rings is 2. The fourth-order valence-corrected chi connectivity index (χ4v) is 3.14. The van der Waals surface area contributed by atoms with E-state index in [4.69, 9.17) is 9.47 Å². The Morgan fingerprint density at radius 1 is 0.935 bits per heavy atom. The molecule has 3 rings (SSSR count). The van der Waals surface area contributed by atoms with Crippen LogP contribution in [0.5, 0.6) is 11.5 Å². The maximum atomic E-state index is 12.1. The topological polar surface area (TPSA) is 82.4 Å². The molecule has 7 heteroatoms. The third-order valence-corrected chi connectivity index (χ3v) is 4.92. The molecule has 1 amide bonds. The van der Waals surface area contributed by atoms with Gasteiger partial charge in [-0.25, -0.2) is 4.68 Å². The molecule has 0 aliphatic heterocycles. The van der Waals surface area contributed by atoms with Crippen molar-refractivity contribution in [2.75, 3.05) is 20.8 Å². The van der Waals surface area contributed by atoms with Crippen molar-refractivity contribution < 1.29 is 14.3 Å². The number of carbonyl (C=O) groups is 1. The van der Waals surface area contributed by atoms with Crippen LogP contribution in [-0.4, -0.2) is 36.5 Å². The normalized spacial score (nSPS) is 10.5. The molecular formula is C24H27N3O4. The Morgan fingerprint density at radius 3 is 2.23 bits per heavy atom. The predicted octanol–water partition coefficient (Wildman–Crippen LogP) is 3.07. The molecule has 0 saturated carbocycles. The monoisotopic (exact) mass is 421 g/mol. The number of hydrogen-bond donors (Lipinski definition) is 1. The molecule has 162 valence electrons. The first kappa shape index (κ1) is 22.1. The smallest absolute Gasteiger partial charge is 0.266 e. The minimum absolute atomic E-state index is 0.0344. The first-order chi connectivity index (χ1) is 15.1. The average Bonchev–Trinajstić information content (AvgIpc) is 2.81. The zero-order chi connectivity index (χ0) is 22.1. The zero-order valence-electron chi connectivity index (χ0n) is 17.8. The highest BCUT2D eigenvalue weighted by Gasteiger charge is 2.06. The lowest BCUT2D eigenvalue weighted by atomic mass is 10.1. The number of amides is 1. The largest absolute Gasteiger partial charge is 0.497 e. The maximum Gasteiger partial charge on any atom is 0.266 e. The van der Waals surface area contributed by atoms with Crippen molar-refractivity contribution in [1.29, 1.82) is 0 Å². The summed E-state index contributed by atoms with van der Waals surface area (Å²) in [5, 5.41) is 7.35. The third kappa shape index (κ3) is 6.44. The summed E-state index contributed by atoms with van der Waals surface area (Å²) in [6.07, 6.45) is 1.62. The second-order valence-electron chi connectivity index (χ2n) is 7.06. The van der Waals surface area contributed by atoms with Gasteiger partial charge in [-0.2, -0.15) is 5.10 Å². The number of nitrogens with one attached hydrogen (secondary N) is 1. The van der Waals surface area contributed by atoms with Gasteiger partial charge in [0.25, 0.3) is 5.56 Å².